The first-order valence-electron chi connectivity index (χ1n) is 6.97. The van der Waals surface area contributed by atoms with Crippen molar-refractivity contribution in [3.8, 4) is 0 Å². The highest BCUT2D eigenvalue weighted by atomic mass is 79.9. The van der Waals surface area contributed by atoms with E-state index in [0.717, 1.165) is 27.2 Å². The van der Waals surface area contributed by atoms with Gasteiger partial charge in [0.05, 0.1) is 11.7 Å². The van der Waals surface area contributed by atoms with Crippen LogP contribution >= 0.6 is 31.9 Å². The predicted molar refractivity (Wildman–Crippen MR) is 83.9 cm³/mol. The molecule has 1 aromatic heterocycles. The lowest BCUT2D eigenvalue weighted by Gasteiger charge is -2.41. The van der Waals surface area contributed by atoms with Crippen LogP contribution in [0.2, 0.25) is 0 Å². The molecule has 2 fully saturated rings. The van der Waals surface area contributed by atoms with Crippen LogP contribution in [0.1, 0.15) is 37.4 Å². The maximum Gasteiger partial charge on any atom is 0.0721 e. The first kappa shape index (κ1) is 14.0. The second kappa shape index (κ2) is 5.80. The molecule has 0 bridgehead atoms. The quantitative estimate of drug-likeness (QED) is 0.861. The molecule has 1 aliphatic carbocycles. The molecule has 3 rings (SSSR count). The zero-order valence-electron chi connectivity index (χ0n) is 10.9. The SMILES string of the molecule is NCC1CCCN(C2CC2)C1c1ncc(Br)cc1Br. The van der Waals surface area contributed by atoms with Gasteiger partial charge in [0.15, 0.2) is 0 Å². The van der Waals surface area contributed by atoms with Crippen molar-refractivity contribution in [1.29, 1.82) is 0 Å². The van der Waals surface area contributed by atoms with E-state index in [0.29, 0.717) is 12.0 Å². The van der Waals surface area contributed by atoms with E-state index in [1.54, 1.807) is 0 Å². The summed E-state index contributed by atoms with van der Waals surface area (Å²) in [6, 6.07) is 3.24. The standard InChI is InChI=1S/C14H19Br2N3/c15-10-6-12(16)13(18-8-10)14-9(7-17)2-1-5-19(14)11-3-4-11/h6,8-9,11,14H,1-5,7,17H2. The van der Waals surface area contributed by atoms with Gasteiger partial charge < -0.3 is 5.73 Å². The summed E-state index contributed by atoms with van der Waals surface area (Å²) in [6.45, 7) is 1.94. The minimum atomic E-state index is 0.383. The van der Waals surface area contributed by atoms with Crippen molar-refractivity contribution >= 4 is 31.9 Å². The van der Waals surface area contributed by atoms with Gasteiger partial charge in [0.25, 0.3) is 0 Å². The third-order valence-electron chi connectivity index (χ3n) is 4.23. The Hall–Kier alpha value is 0.0300. The lowest BCUT2D eigenvalue weighted by atomic mass is 9.86. The molecule has 0 aromatic carbocycles. The van der Waals surface area contributed by atoms with Gasteiger partial charge >= 0.3 is 0 Å². The molecule has 0 amide bonds. The van der Waals surface area contributed by atoms with Gasteiger partial charge in [-0.3, -0.25) is 9.88 Å². The maximum atomic E-state index is 6.01. The molecule has 3 nitrogen and oxygen atoms in total. The van der Waals surface area contributed by atoms with Gasteiger partial charge in [-0.15, -0.1) is 0 Å². The number of rotatable bonds is 3. The van der Waals surface area contributed by atoms with Gasteiger partial charge in [0.2, 0.25) is 0 Å². The van der Waals surface area contributed by atoms with Crippen molar-refractivity contribution in [2.45, 2.75) is 37.8 Å². The summed E-state index contributed by atoms with van der Waals surface area (Å²) in [7, 11) is 0. The molecule has 1 saturated heterocycles. The lowest BCUT2D eigenvalue weighted by molar-refractivity contribution is 0.0845. The fraction of sp³-hybridized carbons (Fsp3) is 0.643. The highest BCUT2D eigenvalue weighted by molar-refractivity contribution is 9.11. The van der Waals surface area contributed by atoms with Gasteiger partial charge in [-0.05, 0) is 82.6 Å². The molecule has 1 aliphatic heterocycles. The number of piperidine rings is 1. The smallest absolute Gasteiger partial charge is 0.0721 e. The number of aromatic nitrogens is 1. The van der Waals surface area contributed by atoms with E-state index in [2.05, 4.69) is 47.8 Å². The molecule has 2 unspecified atom stereocenters. The average Bonchev–Trinajstić information content (AvgIpc) is 3.22. The van der Waals surface area contributed by atoms with Crippen LogP contribution in [0.4, 0.5) is 0 Å². The Kier molecular flexibility index (Phi) is 4.27. The molecule has 1 aromatic rings. The Morgan fingerprint density at radius 1 is 1.32 bits per heavy atom. The minimum absolute atomic E-state index is 0.383. The van der Waals surface area contributed by atoms with Gasteiger partial charge in [0, 0.05) is 21.2 Å². The number of likely N-dealkylation sites (tertiary alicyclic amines) is 1. The van der Waals surface area contributed by atoms with Crippen LogP contribution in [-0.4, -0.2) is 29.0 Å². The fourth-order valence-electron chi connectivity index (χ4n) is 3.19. The van der Waals surface area contributed by atoms with Crippen LogP contribution in [0.15, 0.2) is 21.2 Å². The zero-order chi connectivity index (χ0) is 13.4. The normalized spacial score (nSPS) is 28.6. The van der Waals surface area contributed by atoms with Crippen LogP contribution in [0.3, 0.4) is 0 Å². The summed E-state index contributed by atoms with van der Waals surface area (Å²) < 4.78 is 2.11. The molecular weight excluding hydrogens is 370 g/mol. The minimum Gasteiger partial charge on any atom is -0.330 e. The Balaban J connectivity index is 1.95. The lowest BCUT2D eigenvalue weighted by Crippen LogP contribution is -2.43. The van der Waals surface area contributed by atoms with E-state index in [1.165, 1.54) is 32.2 Å². The third-order valence-corrected chi connectivity index (χ3v) is 5.30. The van der Waals surface area contributed by atoms with E-state index >= 15 is 0 Å². The van der Waals surface area contributed by atoms with Crippen LogP contribution < -0.4 is 5.73 Å². The molecule has 0 spiro atoms. The zero-order valence-corrected chi connectivity index (χ0v) is 14.0. The number of nitrogens with two attached hydrogens (primary N) is 1. The van der Waals surface area contributed by atoms with Crippen LogP contribution in [-0.2, 0) is 0 Å². The topological polar surface area (TPSA) is 42.1 Å². The van der Waals surface area contributed by atoms with Crippen molar-refractivity contribution in [3.63, 3.8) is 0 Å². The average molecular weight is 389 g/mol. The van der Waals surface area contributed by atoms with Crippen molar-refractivity contribution < 1.29 is 0 Å². The molecular formula is C14H19Br2N3. The van der Waals surface area contributed by atoms with Gasteiger partial charge in [-0.25, -0.2) is 0 Å². The summed E-state index contributed by atoms with van der Waals surface area (Å²) >= 11 is 7.15. The second-order valence-corrected chi connectivity index (χ2v) is 7.34. The number of pyridine rings is 1. The third kappa shape index (κ3) is 2.89. The van der Waals surface area contributed by atoms with Crippen molar-refractivity contribution in [3.05, 3.63) is 26.9 Å². The molecule has 104 valence electrons. The number of hydrogen-bond acceptors (Lipinski definition) is 3. The van der Waals surface area contributed by atoms with Crippen LogP contribution in [0.5, 0.6) is 0 Å². The summed E-state index contributed by atoms with van der Waals surface area (Å²) in [5.41, 5.74) is 7.17. The molecule has 5 heteroatoms. The van der Waals surface area contributed by atoms with E-state index in [4.69, 9.17) is 5.73 Å². The summed E-state index contributed by atoms with van der Waals surface area (Å²) in [5, 5.41) is 0. The molecule has 2 atom stereocenters. The van der Waals surface area contributed by atoms with Gasteiger partial charge in [-0.2, -0.15) is 0 Å². The Labute approximate surface area is 131 Å². The monoisotopic (exact) mass is 387 g/mol. The van der Waals surface area contributed by atoms with E-state index in [1.807, 2.05) is 6.20 Å². The van der Waals surface area contributed by atoms with Gasteiger partial charge in [-0.1, -0.05) is 0 Å². The van der Waals surface area contributed by atoms with Crippen molar-refractivity contribution in [2.24, 2.45) is 11.7 Å². The largest absolute Gasteiger partial charge is 0.330 e. The number of hydrogen-bond donors (Lipinski definition) is 1. The number of halogens is 2. The van der Waals surface area contributed by atoms with Crippen LogP contribution in [0, 0.1) is 5.92 Å². The Morgan fingerprint density at radius 2 is 2.11 bits per heavy atom. The molecule has 2 N–H and O–H groups in total. The Morgan fingerprint density at radius 3 is 2.74 bits per heavy atom. The molecule has 1 saturated carbocycles. The maximum absolute atomic E-state index is 6.01. The first-order chi connectivity index (χ1) is 9.20. The van der Waals surface area contributed by atoms with Gasteiger partial charge in [0.1, 0.15) is 0 Å². The van der Waals surface area contributed by atoms with E-state index in [9.17, 15) is 0 Å². The predicted octanol–water partition coefficient (Wildman–Crippen LogP) is 3.48. The van der Waals surface area contributed by atoms with E-state index in [-0.39, 0.29) is 0 Å². The van der Waals surface area contributed by atoms with Crippen molar-refractivity contribution in [1.82, 2.24) is 9.88 Å². The highest BCUT2D eigenvalue weighted by Crippen LogP contribution is 2.43. The molecule has 2 heterocycles. The molecule has 0 radical (unpaired) electrons. The summed E-state index contributed by atoms with van der Waals surface area (Å²) in [6.07, 6.45) is 7.05. The molecule has 19 heavy (non-hydrogen) atoms. The van der Waals surface area contributed by atoms with Crippen LogP contribution in [0.25, 0.3) is 0 Å². The van der Waals surface area contributed by atoms with Crippen molar-refractivity contribution in [2.75, 3.05) is 13.1 Å². The summed E-state index contributed by atoms with van der Waals surface area (Å²) in [4.78, 5) is 7.31. The summed E-state index contributed by atoms with van der Waals surface area (Å²) in [5.74, 6) is 0.527. The Bertz CT molecular complexity index is 462. The van der Waals surface area contributed by atoms with E-state index < -0.39 is 0 Å². The molecule has 2 aliphatic rings. The fourth-order valence-corrected chi connectivity index (χ4v) is 4.41. The highest BCUT2D eigenvalue weighted by Gasteiger charge is 2.41. The number of nitrogens with zero attached hydrogens (tertiary/aromatic N) is 2. The first-order valence-corrected chi connectivity index (χ1v) is 8.56. The second-order valence-electron chi connectivity index (χ2n) is 5.57.